The summed E-state index contributed by atoms with van der Waals surface area (Å²) >= 11 is 0. The Morgan fingerprint density at radius 1 is 0.310 bits per heavy atom. The maximum absolute atomic E-state index is 3.19. The fraction of sp³-hybridized carbons (Fsp3) is 0.0500. The van der Waals surface area contributed by atoms with Crippen LogP contribution in [0.25, 0.3) is 12.2 Å². The van der Waals surface area contributed by atoms with Gasteiger partial charge in [0.2, 0.25) is 0 Å². The largest absolute Gasteiger partial charge is 0.117 e. The summed E-state index contributed by atoms with van der Waals surface area (Å²) in [6, 6.07) is 60.6. The van der Waals surface area contributed by atoms with Gasteiger partial charge in [-0.05, 0) is 44.5 Å². The molecular weight excluding hydrogens is 542 g/mol. The molecule has 0 radical (unpaired) electrons. The van der Waals surface area contributed by atoms with Gasteiger partial charge in [-0.2, -0.15) is 0 Å². The van der Waals surface area contributed by atoms with Gasteiger partial charge in [-0.1, -0.05) is 182 Å². The minimum Gasteiger partial charge on any atom is -0.117 e. The van der Waals surface area contributed by atoms with Crippen LogP contribution in [0.5, 0.6) is 0 Å². The Balaban J connectivity index is 1.50. The molecule has 2 unspecified atom stereocenters. The summed E-state index contributed by atoms with van der Waals surface area (Å²) in [6.07, 6.45) is 4.56. The number of hydrogen-bond donors (Lipinski definition) is 0. The molecule has 0 heterocycles. The van der Waals surface area contributed by atoms with E-state index in [0.717, 1.165) is 0 Å². The van der Waals surface area contributed by atoms with Crippen molar-refractivity contribution in [1.29, 1.82) is 0 Å². The molecule has 6 aromatic carbocycles. The Hall–Kier alpha value is -4.08. The Kier molecular flexibility index (Phi) is 8.30. The Morgan fingerprint density at radius 3 is 0.833 bits per heavy atom. The van der Waals surface area contributed by atoms with Crippen molar-refractivity contribution in [2.24, 2.45) is 0 Å². The summed E-state index contributed by atoms with van der Waals surface area (Å²) in [5.41, 5.74) is 9.79. The van der Waals surface area contributed by atoms with Crippen LogP contribution in [-0.2, 0) is 10.3 Å². The number of benzene rings is 6. The molecule has 0 fully saturated rings. The number of rotatable bonds is 8. The van der Waals surface area contributed by atoms with Crippen molar-refractivity contribution in [3.63, 3.8) is 0 Å². The number of hydrogen-bond acceptors (Lipinski definition) is 0. The first-order valence-corrected chi connectivity index (χ1v) is 15.4. The molecule has 0 saturated carbocycles. The quantitative estimate of drug-likeness (QED) is 0.0961. The highest BCUT2D eigenvalue weighted by Gasteiger charge is 2.34. The zero-order valence-electron chi connectivity index (χ0n) is 23.5. The first-order valence-electron chi connectivity index (χ1n) is 14.3. The van der Waals surface area contributed by atoms with Gasteiger partial charge in [0.05, 0.1) is 10.3 Å². The van der Waals surface area contributed by atoms with Crippen LogP contribution in [0.2, 0.25) is 0 Å². The van der Waals surface area contributed by atoms with Crippen LogP contribution in [0.15, 0.2) is 170 Å². The van der Waals surface area contributed by atoms with Gasteiger partial charge in [-0.15, -0.1) is 18.5 Å². The van der Waals surface area contributed by atoms with E-state index in [9.17, 15) is 0 Å². The molecule has 0 aliphatic carbocycles. The molecular formula is C40H34P2. The highest BCUT2D eigenvalue weighted by atomic mass is 31.0. The molecule has 0 aromatic heterocycles. The Morgan fingerprint density at radius 2 is 0.548 bits per heavy atom. The second kappa shape index (κ2) is 12.4. The molecule has 2 atom stereocenters. The van der Waals surface area contributed by atoms with E-state index in [1.165, 1.54) is 44.5 Å². The van der Waals surface area contributed by atoms with Crippen molar-refractivity contribution in [3.8, 4) is 0 Å². The van der Waals surface area contributed by atoms with Gasteiger partial charge in [-0.3, -0.25) is 0 Å². The van der Waals surface area contributed by atoms with E-state index in [1.54, 1.807) is 0 Å². The average molecular weight is 577 g/mol. The Labute approximate surface area is 254 Å². The summed E-state index contributed by atoms with van der Waals surface area (Å²) in [6.45, 7) is 0. The van der Waals surface area contributed by atoms with Gasteiger partial charge in [0.15, 0.2) is 0 Å². The summed E-state index contributed by atoms with van der Waals surface area (Å²) in [7, 11) is 6.39. The molecule has 2 heteroatoms. The van der Waals surface area contributed by atoms with Crippen LogP contribution in [0.3, 0.4) is 0 Å². The smallest absolute Gasteiger partial charge is 0.0597 e. The zero-order chi connectivity index (χ0) is 28.8. The minimum absolute atomic E-state index is 0.401. The molecule has 0 amide bonds. The van der Waals surface area contributed by atoms with Crippen LogP contribution in [0.4, 0.5) is 0 Å². The lowest BCUT2D eigenvalue weighted by atomic mass is 9.80. The average Bonchev–Trinajstić information content (AvgIpc) is 3.08. The van der Waals surface area contributed by atoms with E-state index in [0.29, 0.717) is 0 Å². The van der Waals surface area contributed by atoms with Crippen molar-refractivity contribution in [3.05, 3.63) is 214 Å². The zero-order valence-corrected chi connectivity index (χ0v) is 25.8. The third-order valence-electron chi connectivity index (χ3n) is 8.13. The monoisotopic (exact) mass is 576 g/mol. The van der Waals surface area contributed by atoms with E-state index < -0.39 is 10.3 Å². The van der Waals surface area contributed by atoms with E-state index in [1.807, 2.05) is 0 Å². The van der Waals surface area contributed by atoms with Crippen LogP contribution >= 0.6 is 18.5 Å². The molecule has 0 aliphatic rings. The molecule has 204 valence electrons. The van der Waals surface area contributed by atoms with E-state index in [-0.39, 0.29) is 0 Å². The van der Waals surface area contributed by atoms with Crippen LogP contribution in [0.1, 0.15) is 44.5 Å². The fourth-order valence-corrected chi connectivity index (χ4v) is 7.24. The molecule has 6 aromatic rings. The van der Waals surface area contributed by atoms with Crippen molar-refractivity contribution in [2.45, 2.75) is 10.3 Å². The maximum Gasteiger partial charge on any atom is 0.0597 e. The van der Waals surface area contributed by atoms with Crippen LogP contribution < -0.4 is 0 Å². The van der Waals surface area contributed by atoms with E-state index in [2.05, 4.69) is 200 Å². The summed E-state index contributed by atoms with van der Waals surface area (Å²) in [5, 5.41) is -0.803. The minimum atomic E-state index is -0.401. The Bertz CT molecular complexity index is 1560. The van der Waals surface area contributed by atoms with Crippen molar-refractivity contribution < 1.29 is 0 Å². The lowest BCUT2D eigenvalue weighted by molar-refractivity contribution is 0.892. The predicted molar refractivity (Wildman–Crippen MR) is 187 cm³/mol. The van der Waals surface area contributed by atoms with Crippen LogP contribution in [0, 0.1) is 0 Å². The maximum atomic E-state index is 3.19. The lowest BCUT2D eigenvalue weighted by Crippen LogP contribution is -2.23. The normalized spacial score (nSPS) is 12.0. The second-order valence-electron chi connectivity index (χ2n) is 10.6. The van der Waals surface area contributed by atoms with E-state index in [4.69, 9.17) is 0 Å². The molecule has 6 rings (SSSR count). The molecule has 0 spiro atoms. The van der Waals surface area contributed by atoms with Crippen LogP contribution in [-0.4, -0.2) is 0 Å². The topological polar surface area (TPSA) is 0 Å². The van der Waals surface area contributed by atoms with Gasteiger partial charge >= 0.3 is 0 Å². The lowest BCUT2D eigenvalue weighted by Gasteiger charge is -2.33. The first-order chi connectivity index (χ1) is 20.6. The van der Waals surface area contributed by atoms with E-state index >= 15 is 0 Å². The third kappa shape index (κ3) is 5.30. The summed E-state index contributed by atoms with van der Waals surface area (Å²) in [5.74, 6) is 0. The van der Waals surface area contributed by atoms with Gasteiger partial charge in [0, 0.05) is 0 Å². The van der Waals surface area contributed by atoms with Gasteiger partial charge in [-0.25, -0.2) is 0 Å². The summed E-state index contributed by atoms with van der Waals surface area (Å²) in [4.78, 5) is 0. The molecule has 0 nitrogen and oxygen atoms in total. The SMILES string of the molecule is PC(c1ccccc1)(c1ccccc1)c1ccccc1/C=C/c1ccccc1C(P)(c1ccccc1)c1ccccc1. The second-order valence-corrected chi connectivity index (χ2v) is 12.3. The van der Waals surface area contributed by atoms with Crippen molar-refractivity contribution in [2.75, 3.05) is 0 Å². The first kappa shape index (κ1) is 28.1. The van der Waals surface area contributed by atoms with Crippen molar-refractivity contribution in [1.82, 2.24) is 0 Å². The van der Waals surface area contributed by atoms with Gasteiger partial charge < -0.3 is 0 Å². The standard InChI is InChI=1S/C40H34P2/c41-39(33-19-5-1-6-20-33,34-21-7-2-8-22-34)37-27-15-13-17-31(37)29-30-32-18-14-16-28-38(32)40(42,35-23-9-3-10-24-35)36-25-11-4-12-26-36/h1-30H,41-42H2/b30-29+. The van der Waals surface area contributed by atoms with Crippen molar-refractivity contribution >= 4 is 30.6 Å². The van der Waals surface area contributed by atoms with Gasteiger partial charge in [0.25, 0.3) is 0 Å². The molecule has 0 N–H and O–H groups in total. The summed E-state index contributed by atoms with van der Waals surface area (Å²) < 4.78 is 0. The highest BCUT2D eigenvalue weighted by molar-refractivity contribution is 7.19. The van der Waals surface area contributed by atoms with Gasteiger partial charge in [0.1, 0.15) is 0 Å². The predicted octanol–water partition coefficient (Wildman–Crippen LogP) is 10.2. The highest BCUT2D eigenvalue weighted by Crippen LogP contribution is 2.48. The molecule has 0 aliphatic heterocycles. The molecule has 0 saturated heterocycles. The third-order valence-corrected chi connectivity index (χ3v) is 10.1. The molecule has 0 bridgehead atoms. The fourth-order valence-electron chi connectivity index (χ4n) is 5.94. The molecule has 42 heavy (non-hydrogen) atoms.